The summed E-state index contributed by atoms with van der Waals surface area (Å²) in [5.74, 6) is 0.696. The number of para-hydroxylation sites is 1. The lowest BCUT2D eigenvalue weighted by Gasteiger charge is -2.20. The molecule has 0 radical (unpaired) electrons. The summed E-state index contributed by atoms with van der Waals surface area (Å²) in [6.07, 6.45) is 1.62. The van der Waals surface area contributed by atoms with Gasteiger partial charge in [0.1, 0.15) is 11.3 Å². The first-order valence-corrected chi connectivity index (χ1v) is 6.46. The number of aliphatic hydroxyl groups is 1. The average Bonchev–Trinajstić information content (AvgIpc) is 2.87. The maximum atomic E-state index is 11.9. The van der Waals surface area contributed by atoms with Crippen molar-refractivity contribution >= 4 is 17.0 Å². The van der Waals surface area contributed by atoms with Gasteiger partial charge in [0.25, 0.3) is 0 Å². The van der Waals surface area contributed by atoms with E-state index in [2.05, 4.69) is 11.9 Å². The van der Waals surface area contributed by atoms with Crippen LogP contribution in [0.3, 0.4) is 0 Å². The summed E-state index contributed by atoms with van der Waals surface area (Å²) in [7, 11) is 0. The summed E-state index contributed by atoms with van der Waals surface area (Å²) in [6, 6.07) is 9.34. The largest absolute Gasteiger partial charge is 0.459 e. The molecule has 0 bridgehead atoms. The van der Waals surface area contributed by atoms with Gasteiger partial charge in [-0.3, -0.25) is 0 Å². The Morgan fingerprint density at radius 1 is 1.45 bits per heavy atom. The zero-order valence-corrected chi connectivity index (χ0v) is 11.2. The van der Waals surface area contributed by atoms with Gasteiger partial charge >= 0.3 is 6.03 Å². The van der Waals surface area contributed by atoms with Crippen LogP contribution in [-0.2, 0) is 6.54 Å². The van der Waals surface area contributed by atoms with Crippen LogP contribution in [0, 0.1) is 0 Å². The van der Waals surface area contributed by atoms with Crippen molar-refractivity contribution in [3.8, 4) is 0 Å². The van der Waals surface area contributed by atoms with Crippen LogP contribution in [0.25, 0.3) is 11.0 Å². The molecule has 1 aromatic carbocycles. The number of aliphatic hydroxyl groups excluding tert-OH is 1. The van der Waals surface area contributed by atoms with Crippen LogP contribution in [0.1, 0.15) is 5.76 Å². The van der Waals surface area contributed by atoms with Gasteiger partial charge in [-0.05, 0) is 12.1 Å². The Bertz CT molecular complexity index is 559. The first-order valence-electron chi connectivity index (χ1n) is 6.46. The summed E-state index contributed by atoms with van der Waals surface area (Å²) < 4.78 is 5.62. The molecule has 0 aliphatic carbocycles. The number of hydrogen-bond donors (Lipinski definition) is 2. The van der Waals surface area contributed by atoms with E-state index in [0.29, 0.717) is 18.8 Å². The zero-order valence-electron chi connectivity index (χ0n) is 11.2. The molecule has 1 heterocycles. The number of hydrogen-bond acceptors (Lipinski definition) is 3. The molecule has 0 unspecified atom stereocenters. The summed E-state index contributed by atoms with van der Waals surface area (Å²) in [6.45, 7) is 4.50. The molecule has 0 atom stereocenters. The van der Waals surface area contributed by atoms with Crippen molar-refractivity contribution in [2.24, 2.45) is 0 Å². The Morgan fingerprint density at radius 2 is 2.25 bits per heavy atom. The molecule has 2 amide bonds. The van der Waals surface area contributed by atoms with E-state index in [1.807, 2.05) is 30.3 Å². The maximum Gasteiger partial charge on any atom is 0.318 e. The van der Waals surface area contributed by atoms with Gasteiger partial charge in [0, 0.05) is 18.5 Å². The Labute approximate surface area is 117 Å². The molecule has 0 fully saturated rings. The molecular weight excluding hydrogens is 256 g/mol. The first-order chi connectivity index (χ1) is 9.74. The number of carbonyl (C=O) groups excluding carboxylic acids is 1. The molecule has 0 spiro atoms. The molecule has 20 heavy (non-hydrogen) atoms. The third-order valence-corrected chi connectivity index (χ3v) is 2.90. The fourth-order valence-electron chi connectivity index (χ4n) is 1.95. The molecule has 5 nitrogen and oxygen atoms in total. The van der Waals surface area contributed by atoms with Gasteiger partial charge in [-0.2, -0.15) is 0 Å². The molecule has 2 aromatic rings. The highest BCUT2D eigenvalue weighted by Crippen LogP contribution is 2.18. The fraction of sp³-hybridized carbons (Fsp3) is 0.267. The highest BCUT2D eigenvalue weighted by molar-refractivity contribution is 5.78. The van der Waals surface area contributed by atoms with Crippen molar-refractivity contribution in [3.63, 3.8) is 0 Å². The van der Waals surface area contributed by atoms with E-state index in [1.54, 1.807) is 6.08 Å². The second kappa shape index (κ2) is 6.77. The van der Waals surface area contributed by atoms with Gasteiger partial charge in [-0.1, -0.05) is 24.3 Å². The number of furan rings is 1. The van der Waals surface area contributed by atoms with Crippen LogP contribution in [0.15, 0.2) is 47.4 Å². The minimum atomic E-state index is -0.251. The first kappa shape index (κ1) is 14.1. The quantitative estimate of drug-likeness (QED) is 0.793. The molecule has 0 aliphatic rings. The zero-order chi connectivity index (χ0) is 14.4. The minimum absolute atomic E-state index is 0.0775. The monoisotopic (exact) mass is 274 g/mol. The van der Waals surface area contributed by atoms with Gasteiger partial charge in [-0.15, -0.1) is 6.58 Å². The maximum absolute atomic E-state index is 11.9. The van der Waals surface area contributed by atoms with Crippen molar-refractivity contribution in [1.82, 2.24) is 10.2 Å². The Balaban J connectivity index is 1.96. The molecule has 1 aromatic heterocycles. The fourth-order valence-corrected chi connectivity index (χ4v) is 1.95. The Kier molecular flexibility index (Phi) is 4.79. The predicted molar refractivity (Wildman–Crippen MR) is 77.3 cm³/mol. The highest BCUT2D eigenvalue weighted by Gasteiger charge is 2.11. The summed E-state index contributed by atoms with van der Waals surface area (Å²) in [4.78, 5) is 13.4. The predicted octanol–water partition coefficient (Wildman–Crippen LogP) is 2.12. The minimum Gasteiger partial charge on any atom is -0.459 e. The van der Waals surface area contributed by atoms with E-state index in [9.17, 15) is 4.79 Å². The lowest BCUT2D eigenvalue weighted by Crippen LogP contribution is -2.41. The Hall–Kier alpha value is -2.27. The smallest absolute Gasteiger partial charge is 0.318 e. The highest BCUT2D eigenvalue weighted by atomic mass is 16.3. The number of nitrogens with one attached hydrogen (secondary N) is 1. The van der Waals surface area contributed by atoms with Gasteiger partial charge in [0.05, 0.1) is 13.2 Å². The lowest BCUT2D eigenvalue weighted by atomic mass is 10.2. The molecule has 0 saturated carbocycles. The van der Waals surface area contributed by atoms with Gasteiger partial charge in [0.15, 0.2) is 0 Å². The van der Waals surface area contributed by atoms with Crippen LogP contribution in [0.5, 0.6) is 0 Å². The molecule has 5 heteroatoms. The molecule has 0 aliphatic heterocycles. The van der Waals surface area contributed by atoms with E-state index in [-0.39, 0.29) is 19.2 Å². The van der Waals surface area contributed by atoms with Crippen LogP contribution in [0.4, 0.5) is 4.79 Å². The number of nitrogens with zero attached hydrogens (tertiary/aromatic N) is 1. The number of fused-ring (bicyclic) bond motifs is 1. The van der Waals surface area contributed by atoms with Crippen LogP contribution in [-0.4, -0.2) is 35.7 Å². The van der Waals surface area contributed by atoms with Gasteiger partial charge in [0.2, 0.25) is 0 Å². The number of benzene rings is 1. The molecule has 2 rings (SSSR count). The number of carbonyl (C=O) groups is 1. The van der Waals surface area contributed by atoms with Crippen LogP contribution >= 0.6 is 0 Å². The van der Waals surface area contributed by atoms with Crippen molar-refractivity contribution in [1.29, 1.82) is 0 Å². The van der Waals surface area contributed by atoms with Crippen molar-refractivity contribution < 1.29 is 14.3 Å². The Morgan fingerprint density at radius 3 is 2.95 bits per heavy atom. The number of urea groups is 1. The van der Waals surface area contributed by atoms with Gasteiger partial charge in [-0.25, -0.2) is 4.79 Å². The second-order valence-corrected chi connectivity index (χ2v) is 4.37. The van der Waals surface area contributed by atoms with Crippen molar-refractivity contribution in [3.05, 3.63) is 48.7 Å². The van der Waals surface area contributed by atoms with E-state index in [4.69, 9.17) is 9.52 Å². The van der Waals surface area contributed by atoms with E-state index >= 15 is 0 Å². The third-order valence-electron chi connectivity index (χ3n) is 2.90. The van der Waals surface area contributed by atoms with Crippen LogP contribution in [0.2, 0.25) is 0 Å². The van der Waals surface area contributed by atoms with E-state index < -0.39 is 0 Å². The number of rotatable bonds is 6. The molecule has 106 valence electrons. The number of amides is 2. The van der Waals surface area contributed by atoms with Crippen molar-refractivity contribution in [2.75, 3.05) is 19.7 Å². The topological polar surface area (TPSA) is 65.7 Å². The second-order valence-electron chi connectivity index (χ2n) is 4.37. The van der Waals surface area contributed by atoms with Crippen molar-refractivity contribution in [2.45, 2.75) is 6.54 Å². The van der Waals surface area contributed by atoms with E-state index in [1.165, 1.54) is 4.90 Å². The SMILES string of the molecule is C=CCN(CCO)C(=O)NCc1cc2ccccc2o1. The van der Waals surface area contributed by atoms with Crippen LogP contribution < -0.4 is 5.32 Å². The molecule has 0 saturated heterocycles. The van der Waals surface area contributed by atoms with Gasteiger partial charge < -0.3 is 19.7 Å². The normalized spacial score (nSPS) is 10.4. The average molecular weight is 274 g/mol. The summed E-state index contributed by atoms with van der Waals surface area (Å²) in [5.41, 5.74) is 0.801. The lowest BCUT2D eigenvalue weighted by molar-refractivity contribution is 0.182. The summed E-state index contributed by atoms with van der Waals surface area (Å²) in [5, 5.41) is 12.7. The summed E-state index contributed by atoms with van der Waals surface area (Å²) >= 11 is 0. The molecule has 2 N–H and O–H groups in total. The molecular formula is C15H18N2O3. The third kappa shape index (κ3) is 3.39. The standard InChI is InChI=1S/C15H18N2O3/c1-2-7-17(8-9-18)15(19)16-11-13-10-12-5-3-4-6-14(12)20-13/h2-6,10,18H,1,7-9,11H2,(H,16,19). The van der Waals surface area contributed by atoms with E-state index in [0.717, 1.165) is 11.0 Å².